The zero-order chi connectivity index (χ0) is 10.1. The minimum absolute atomic E-state index is 0.470. The Morgan fingerprint density at radius 1 is 1.36 bits per heavy atom. The maximum atomic E-state index is 5.92. The Kier molecular flexibility index (Phi) is 2.39. The van der Waals surface area contributed by atoms with E-state index in [4.69, 9.17) is 17.3 Å². The maximum Gasteiger partial charge on any atom is 0.200 e. The lowest BCUT2D eigenvalue weighted by atomic mass is 10.1. The van der Waals surface area contributed by atoms with Gasteiger partial charge in [0.05, 0.1) is 0 Å². The Balaban J connectivity index is 2.51. The summed E-state index contributed by atoms with van der Waals surface area (Å²) >= 11 is 7.11. The van der Waals surface area contributed by atoms with Crippen molar-refractivity contribution in [1.29, 1.82) is 0 Å². The molecule has 72 valence electrons. The molecule has 0 bridgehead atoms. The van der Waals surface area contributed by atoms with Gasteiger partial charge in [0.2, 0.25) is 0 Å². The third-order valence-corrected chi connectivity index (χ3v) is 2.50. The Bertz CT molecular complexity index is 447. The fourth-order valence-corrected chi connectivity index (χ4v) is 1.96. The zero-order valence-corrected chi connectivity index (χ0v) is 9.06. The van der Waals surface area contributed by atoms with E-state index in [1.165, 1.54) is 11.5 Å². The van der Waals surface area contributed by atoms with Crippen LogP contribution in [-0.2, 0) is 0 Å². The normalized spacial score (nSPS) is 10.4. The number of hydrogen-bond acceptors (Lipinski definition) is 4. The van der Waals surface area contributed by atoms with E-state index in [0.717, 1.165) is 11.1 Å². The number of anilines is 1. The van der Waals surface area contributed by atoms with Crippen LogP contribution in [-0.4, -0.2) is 9.36 Å². The van der Waals surface area contributed by atoms with Crippen LogP contribution in [0.2, 0.25) is 5.02 Å². The Hall–Kier alpha value is -1.13. The van der Waals surface area contributed by atoms with E-state index in [-0.39, 0.29) is 0 Å². The Morgan fingerprint density at radius 2 is 2.14 bits per heavy atom. The number of aryl methyl sites for hydroxylation is 1. The van der Waals surface area contributed by atoms with Crippen molar-refractivity contribution in [3.63, 3.8) is 0 Å². The van der Waals surface area contributed by atoms with Crippen molar-refractivity contribution in [3.8, 4) is 11.4 Å². The Morgan fingerprint density at radius 3 is 2.71 bits per heavy atom. The monoisotopic (exact) mass is 225 g/mol. The highest BCUT2D eigenvalue weighted by atomic mass is 35.5. The zero-order valence-electron chi connectivity index (χ0n) is 7.49. The summed E-state index contributed by atoms with van der Waals surface area (Å²) in [5, 5.41) is 1.16. The van der Waals surface area contributed by atoms with Crippen LogP contribution in [0.15, 0.2) is 18.2 Å². The molecule has 0 saturated heterocycles. The molecule has 2 N–H and O–H groups in total. The average Bonchev–Trinajstić information content (AvgIpc) is 2.50. The second-order valence-electron chi connectivity index (χ2n) is 2.97. The summed E-state index contributed by atoms with van der Waals surface area (Å²) in [6.07, 6.45) is 0. The van der Waals surface area contributed by atoms with E-state index < -0.39 is 0 Å². The number of hydrogen-bond donors (Lipinski definition) is 1. The van der Waals surface area contributed by atoms with Crippen LogP contribution in [0.5, 0.6) is 0 Å². The van der Waals surface area contributed by atoms with Gasteiger partial charge >= 0.3 is 0 Å². The van der Waals surface area contributed by atoms with Crippen LogP contribution >= 0.6 is 23.1 Å². The molecule has 0 radical (unpaired) electrons. The summed E-state index contributed by atoms with van der Waals surface area (Å²) in [7, 11) is 0. The second kappa shape index (κ2) is 3.55. The molecular weight excluding hydrogens is 218 g/mol. The van der Waals surface area contributed by atoms with Gasteiger partial charge in [0.1, 0.15) is 0 Å². The van der Waals surface area contributed by atoms with Gasteiger partial charge in [0, 0.05) is 22.1 Å². The van der Waals surface area contributed by atoms with Crippen molar-refractivity contribution in [2.45, 2.75) is 6.92 Å². The number of nitrogens with two attached hydrogens (primary N) is 1. The van der Waals surface area contributed by atoms with Gasteiger partial charge in [0.15, 0.2) is 11.0 Å². The molecule has 5 heteroatoms. The van der Waals surface area contributed by atoms with Gasteiger partial charge in [-0.1, -0.05) is 11.6 Å². The molecule has 0 aliphatic rings. The SMILES string of the molecule is Cc1cc(Cl)cc(-c2nsc(N)n2)c1. The smallest absolute Gasteiger partial charge is 0.200 e. The van der Waals surface area contributed by atoms with Crippen LogP contribution in [0.1, 0.15) is 5.56 Å². The van der Waals surface area contributed by atoms with Gasteiger partial charge in [-0.25, -0.2) is 0 Å². The maximum absolute atomic E-state index is 5.92. The third kappa shape index (κ3) is 1.86. The van der Waals surface area contributed by atoms with E-state index in [1.807, 2.05) is 25.1 Å². The topological polar surface area (TPSA) is 51.8 Å². The molecule has 2 aromatic rings. The molecule has 0 aliphatic heterocycles. The molecule has 0 unspecified atom stereocenters. The lowest BCUT2D eigenvalue weighted by Gasteiger charge is -1.98. The van der Waals surface area contributed by atoms with E-state index in [9.17, 15) is 0 Å². The largest absolute Gasteiger partial charge is 0.374 e. The predicted octanol–water partition coefficient (Wildman–Crippen LogP) is 2.75. The molecule has 3 nitrogen and oxygen atoms in total. The number of aromatic nitrogens is 2. The summed E-state index contributed by atoms with van der Waals surface area (Å²) in [5.41, 5.74) is 7.49. The molecule has 1 heterocycles. The molecule has 14 heavy (non-hydrogen) atoms. The van der Waals surface area contributed by atoms with E-state index in [2.05, 4.69) is 9.36 Å². The lowest BCUT2D eigenvalue weighted by molar-refractivity contribution is 1.32. The van der Waals surface area contributed by atoms with Crippen LogP contribution in [0.25, 0.3) is 11.4 Å². The number of nitrogen functional groups attached to an aromatic ring is 1. The van der Waals surface area contributed by atoms with Crippen molar-refractivity contribution in [2.75, 3.05) is 5.73 Å². The molecule has 0 atom stereocenters. The highest BCUT2D eigenvalue weighted by Gasteiger charge is 2.05. The molecular formula is C9H8ClN3S. The van der Waals surface area contributed by atoms with Crippen molar-refractivity contribution >= 4 is 28.3 Å². The van der Waals surface area contributed by atoms with Gasteiger partial charge in [-0.05, 0) is 30.7 Å². The Labute approximate surface area is 90.7 Å². The molecule has 0 amide bonds. The summed E-state index contributed by atoms with van der Waals surface area (Å²) < 4.78 is 4.12. The van der Waals surface area contributed by atoms with Crippen LogP contribution in [0.4, 0.5) is 5.13 Å². The summed E-state index contributed by atoms with van der Waals surface area (Å²) in [6, 6.07) is 5.70. The number of nitrogens with zero attached hydrogens (tertiary/aromatic N) is 2. The van der Waals surface area contributed by atoms with E-state index >= 15 is 0 Å². The van der Waals surface area contributed by atoms with Gasteiger partial charge in [-0.15, -0.1) is 0 Å². The van der Waals surface area contributed by atoms with Gasteiger partial charge in [-0.2, -0.15) is 9.36 Å². The first-order chi connectivity index (χ1) is 6.65. The summed E-state index contributed by atoms with van der Waals surface area (Å²) in [5.74, 6) is 0.637. The van der Waals surface area contributed by atoms with Crippen LogP contribution in [0, 0.1) is 6.92 Å². The van der Waals surface area contributed by atoms with Crippen molar-refractivity contribution in [1.82, 2.24) is 9.36 Å². The van der Waals surface area contributed by atoms with Gasteiger partial charge in [0.25, 0.3) is 0 Å². The molecule has 2 rings (SSSR count). The molecule has 0 fully saturated rings. The minimum Gasteiger partial charge on any atom is -0.374 e. The number of benzene rings is 1. The number of rotatable bonds is 1. The van der Waals surface area contributed by atoms with E-state index in [0.29, 0.717) is 16.0 Å². The molecule has 0 saturated carbocycles. The summed E-state index contributed by atoms with van der Waals surface area (Å²) in [6.45, 7) is 1.98. The first-order valence-corrected chi connectivity index (χ1v) is 5.17. The van der Waals surface area contributed by atoms with Gasteiger partial charge < -0.3 is 5.73 Å². The highest BCUT2D eigenvalue weighted by molar-refractivity contribution is 7.09. The third-order valence-electron chi connectivity index (χ3n) is 1.74. The van der Waals surface area contributed by atoms with E-state index in [1.54, 1.807) is 0 Å². The predicted molar refractivity (Wildman–Crippen MR) is 59.5 cm³/mol. The highest BCUT2D eigenvalue weighted by Crippen LogP contribution is 2.24. The van der Waals surface area contributed by atoms with Crippen LogP contribution < -0.4 is 5.73 Å². The summed E-state index contributed by atoms with van der Waals surface area (Å²) in [4.78, 5) is 4.09. The fraction of sp³-hybridized carbons (Fsp3) is 0.111. The average molecular weight is 226 g/mol. The fourth-order valence-electron chi connectivity index (χ4n) is 1.22. The first-order valence-electron chi connectivity index (χ1n) is 4.02. The minimum atomic E-state index is 0.470. The first kappa shape index (κ1) is 9.43. The quantitative estimate of drug-likeness (QED) is 0.812. The molecule has 0 spiro atoms. The van der Waals surface area contributed by atoms with Crippen molar-refractivity contribution in [3.05, 3.63) is 28.8 Å². The molecule has 1 aromatic heterocycles. The lowest BCUT2D eigenvalue weighted by Crippen LogP contribution is -1.85. The van der Waals surface area contributed by atoms with Crippen molar-refractivity contribution < 1.29 is 0 Å². The van der Waals surface area contributed by atoms with Crippen molar-refractivity contribution in [2.24, 2.45) is 0 Å². The van der Waals surface area contributed by atoms with Crippen LogP contribution in [0.3, 0.4) is 0 Å². The second-order valence-corrected chi connectivity index (χ2v) is 4.19. The standard InChI is InChI=1S/C9H8ClN3S/c1-5-2-6(4-7(10)3-5)8-12-9(11)14-13-8/h2-4H,1H3,(H2,11,12,13). The molecule has 0 aliphatic carbocycles. The van der Waals surface area contributed by atoms with Gasteiger partial charge in [-0.3, -0.25) is 0 Å². The molecule has 1 aromatic carbocycles. The number of halogens is 1.